The Morgan fingerprint density at radius 1 is 0.418 bits per heavy atom. The van der Waals surface area contributed by atoms with Crippen LogP contribution in [0.3, 0.4) is 0 Å². The van der Waals surface area contributed by atoms with Gasteiger partial charge in [-0.25, -0.2) is 0 Å². The Balaban J connectivity index is 5.84. The number of carbonyl (C=O) groups excluding carboxylic acids is 5. The normalized spacial score (nSPS) is 11.1. The molecule has 0 fully saturated rings. The van der Waals surface area contributed by atoms with E-state index in [1.165, 1.54) is 0 Å². The van der Waals surface area contributed by atoms with Crippen LogP contribution in [0.25, 0.3) is 0 Å². The second-order valence-electron chi connectivity index (χ2n) is 18.8. The molecular weight excluding hydrogens is 863 g/mol. The van der Waals surface area contributed by atoms with Crippen molar-refractivity contribution in [3.8, 4) is 0 Å². The molecule has 0 aromatic rings. The first kappa shape index (κ1) is 62.2. The second kappa shape index (κ2) is 34.5. The Bertz CT molecular complexity index is 1370. The van der Waals surface area contributed by atoms with E-state index in [0.717, 1.165) is 17.9 Å². The van der Waals surface area contributed by atoms with Crippen molar-refractivity contribution < 1.29 is 38.2 Å². The third-order valence-electron chi connectivity index (χ3n) is 9.74. The minimum absolute atomic E-state index is 0.0428. The van der Waals surface area contributed by atoms with Gasteiger partial charge in [0, 0.05) is 161 Å². The predicted molar refractivity (Wildman–Crippen MR) is 267 cm³/mol. The highest BCUT2D eigenvalue weighted by Crippen LogP contribution is 2.19. The Kier molecular flexibility index (Phi) is 32.1. The number of ketones is 1. The van der Waals surface area contributed by atoms with Crippen molar-refractivity contribution >= 4 is 47.3 Å². The number of aliphatic imine (C=N–C) groups is 3. The molecule has 0 heterocycles. The summed E-state index contributed by atoms with van der Waals surface area (Å²) in [7, 11) is 23.1. The van der Waals surface area contributed by atoms with E-state index in [4.69, 9.17) is 14.2 Å². The number of rotatable bonds is 32. The quantitative estimate of drug-likeness (QED) is 0.0417. The monoisotopic (exact) mass is 954 g/mol. The molecule has 21 heteroatoms. The number of ether oxygens (including phenoxy) is 3. The van der Waals surface area contributed by atoms with Crippen molar-refractivity contribution in [3.05, 3.63) is 0 Å². The maximum atomic E-state index is 13.6. The third-order valence-corrected chi connectivity index (χ3v) is 9.74. The summed E-state index contributed by atoms with van der Waals surface area (Å²) in [6.45, 7) is 8.36. The number of hydrogen-bond acceptors (Lipinski definition) is 11. The number of hydrogen-bond donors (Lipinski definition) is 4. The molecule has 0 aliphatic heterocycles. The van der Waals surface area contributed by atoms with Crippen molar-refractivity contribution in [1.82, 2.24) is 50.7 Å². The lowest BCUT2D eigenvalue weighted by atomic mass is 9.88. The van der Waals surface area contributed by atoms with Crippen LogP contribution in [0.2, 0.25) is 0 Å². The Labute approximate surface area is 403 Å². The van der Waals surface area contributed by atoms with E-state index < -0.39 is 11.0 Å². The minimum Gasteiger partial charge on any atom is -0.378 e. The van der Waals surface area contributed by atoms with E-state index in [9.17, 15) is 24.0 Å². The van der Waals surface area contributed by atoms with Gasteiger partial charge in [0.15, 0.2) is 17.9 Å². The van der Waals surface area contributed by atoms with Gasteiger partial charge in [0.25, 0.3) is 0 Å². The van der Waals surface area contributed by atoms with E-state index in [-0.39, 0.29) is 101 Å². The van der Waals surface area contributed by atoms with Gasteiger partial charge in [0.1, 0.15) is 11.3 Å². The Morgan fingerprint density at radius 2 is 0.716 bits per heavy atom. The van der Waals surface area contributed by atoms with Crippen LogP contribution in [0.1, 0.15) is 78.6 Å². The van der Waals surface area contributed by atoms with Crippen LogP contribution in [0.5, 0.6) is 0 Å². The lowest BCUT2D eigenvalue weighted by molar-refractivity contribution is -0.131. The van der Waals surface area contributed by atoms with Gasteiger partial charge < -0.3 is 64.9 Å². The number of nitrogens with zero attached hydrogens (tertiary/aromatic N) is 9. The van der Waals surface area contributed by atoms with Gasteiger partial charge >= 0.3 is 0 Å². The van der Waals surface area contributed by atoms with E-state index >= 15 is 0 Å². The zero-order chi connectivity index (χ0) is 51.0. The summed E-state index contributed by atoms with van der Waals surface area (Å²) >= 11 is 0. The molecule has 0 aliphatic rings. The first-order chi connectivity index (χ1) is 31.4. The van der Waals surface area contributed by atoms with Crippen molar-refractivity contribution in [2.24, 2.45) is 20.4 Å². The Morgan fingerprint density at radius 3 is 0.985 bits per heavy atom. The van der Waals surface area contributed by atoms with Gasteiger partial charge in [-0.1, -0.05) is 20.8 Å². The summed E-state index contributed by atoms with van der Waals surface area (Å²) in [5.41, 5.74) is -1.78. The summed E-state index contributed by atoms with van der Waals surface area (Å²) in [6, 6.07) is 0. The molecule has 0 saturated carbocycles. The molecule has 4 N–H and O–H groups in total. The molecule has 0 rings (SSSR count). The van der Waals surface area contributed by atoms with Crippen LogP contribution in [0.4, 0.5) is 0 Å². The molecule has 0 atom stereocenters. The van der Waals surface area contributed by atoms with Crippen LogP contribution in [-0.4, -0.2) is 246 Å². The topological polar surface area (TPSA) is 218 Å². The number of guanidine groups is 3. The third kappa shape index (κ3) is 30.3. The summed E-state index contributed by atoms with van der Waals surface area (Å²) in [5, 5.41) is 11.8. The second-order valence-corrected chi connectivity index (χ2v) is 18.8. The van der Waals surface area contributed by atoms with Crippen molar-refractivity contribution in [2.75, 3.05) is 163 Å². The van der Waals surface area contributed by atoms with Crippen LogP contribution < -0.4 is 21.3 Å². The molecule has 0 aromatic heterocycles. The van der Waals surface area contributed by atoms with Crippen molar-refractivity contribution in [3.63, 3.8) is 0 Å². The average molecular weight is 954 g/mol. The molecule has 67 heavy (non-hydrogen) atoms. The van der Waals surface area contributed by atoms with Crippen LogP contribution in [-0.2, 0) is 38.2 Å². The molecule has 0 radical (unpaired) electrons. The molecule has 388 valence electrons. The zero-order valence-corrected chi connectivity index (χ0v) is 44.1. The van der Waals surface area contributed by atoms with Gasteiger partial charge in [-0.3, -0.25) is 38.9 Å². The van der Waals surface area contributed by atoms with Gasteiger partial charge in [0.2, 0.25) is 23.6 Å². The van der Waals surface area contributed by atoms with Crippen LogP contribution in [0, 0.1) is 5.41 Å². The molecule has 0 spiro atoms. The molecule has 0 unspecified atom stereocenters. The molecule has 0 bridgehead atoms. The van der Waals surface area contributed by atoms with Gasteiger partial charge in [-0.05, 0) is 25.7 Å². The summed E-state index contributed by atoms with van der Waals surface area (Å²) in [6.07, 6.45) is 2.82. The molecule has 0 aromatic carbocycles. The number of amides is 4. The summed E-state index contributed by atoms with van der Waals surface area (Å²) < 4.78 is 18.2. The SMILES string of the molecule is CN(C)C(=NCCCNC(=O)CCOCC(COCCC(=O)NCCCN=C(N(C)C)N(C)C)(COCCC(=O)NCCCN=C(N(C)C)N(C)C)NC(=O)CCCC(=O)C(C)(C)C)N(C)C. The average Bonchev–Trinajstić information content (AvgIpc) is 3.22. The van der Waals surface area contributed by atoms with E-state index in [1.807, 2.05) is 135 Å². The lowest BCUT2D eigenvalue weighted by Crippen LogP contribution is -2.58. The van der Waals surface area contributed by atoms with Crippen LogP contribution in [0.15, 0.2) is 15.0 Å². The fourth-order valence-corrected chi connectivity index (χ4v) is 6.44. The minimum atomic E-state index is -1.26. The fourth-order valence-electron chi connectivity index (χ4n) is 6.44. The van der Waals surface area contributed by atoms with E-state index in [1.54, 1.807) is 0 Å². The van der Waals surface area contributed by atoms with Gasteiger partial charge in [-0.2, -0.15) is 0 Å². The van der Waals surface area contributed by atoms with E-state index in [0.29, 0.717) is 65.0 Å². The lowest BCUT2D eigenvalue weighted by Gasteiger charge is -2.34. The predicted octanol–water partition coefficient (Wildman–Crippen LogP) is 0.803. The maximum Gasteiger partial charge on any atom is 0.222 e. The first-order valence-electron chi connectivity index (χ1n) is 23.5. The van der Waals surface area contributed by atoms with Gasteiger partial charge in [-0.15, -0.1) is 0 Å². The molecule has 21 nitrogen and oxygen atoms in total. The van der Waals surface area contributed by atoms with Crippen molar-refractivity contribution in [2.45, 2.75) is 84.1 Å². The highest BCUT2D eigenvalue weighted by atomic mass is 16.5. The smallest absolute Gasteiger partial charge is 0.222 e. The standard InChI is InChI=1S/C46H91N13O8/c1-45(2,3)37(60)20-16-21-41(64)53-46(34-65-31-22-38(61)47-25-17-28-50-42(54(4)5)55(6)7,35-66-32-23-39(62)48-26-18-29-51-43(56(8)9)57(10)11)36-67-33-24-40(63)49-27-19-30-52-44(58(12)13)59(14)15/h16-36H2,1-15H3,(H,47,61)(H,48,62)(H,49,63)(H,53,64). The number of carbonyl (C=O) groups is 5. The first-order valence-corrected chi connectivity index (χ1v) is 23.5. The highest BCUT2D eigenvalue weighted by Gasteiger charge is 2.34. The zero-order valence-electron chi connectivity index (χ0n) is 44.1. The fraction of sp³-hybridized carbons (Fsp3) is 0.826. The number of nitrogens with one attached hydrogen (secondary N) is 4. The maximum absolute atomic E-state index is 13.6. The van der Waals surface area contributed by atoms with E-state index in [2.05, 4.69) is 36.2 Å². The summed E-state index contributed by atoms with van der Waals surface area (Å²) in [5.74, 6) is 1.62. The highest BCUT2D eigenvalue weighted by molar-refractivity contribution is 5.84. The van der Waals surface area contributed by atoms with Crippen molar-refractivity contribution in [1.29, 1.82) is 0 Å². The molecule has 0 saturated heterocycles. The summed E-state index contributed by atoms with van der Waals surface area (Å²) in [4.78, 5) is 89.8. The van der Waals surface area contributed by atoms with Gasteiger partial charge in [0.05, 0.1) is 39.6 Å². The Hall–Kier alpha value is -4.76. The number of Topliss-reactive ketones (excluding diaryl/α,β-unsaturated/α-hetero) is 1. The van der Waals surface area contributed by atoms with Crippen LogP contribution >= 0.6 is 0 Å². The molecule has 0 aliphatic carbocycles. The largest absolute Gasteiger partial charge is 0.378 e. The molecular formula is C46H91N13O8. The molecule has 4 amide bonds.